The van der Waals surface area contributed by atoms with E-state index in [1.165, 1.54) is 5.57 Å². The van der Waals surface area contributed by atoms with Gasteiger partial charge in [-0.3, -0.25) is 4.98 Å². The molecule has 0 unspecified atom stereocenters. The molecule has 6 nitrogen and oxygen atoms in total. The fourth-order valence-electron chi connectivity index (χ4n) is 5.70. The number of hydrogen-bond donors (Lipinski definition) is 0. The quantitative estimate of drug-likeness (QED) is 0.460. The van der Waals surface area contributed by atoms with Crippen molar-refractivity contribution in [1.29, 1.82) is 0 Å². The summed E-state index contributed by atoms with van der Waals surface area (Å²) in [5, 5.41) is 0. The van der Waals surface area contributed by atoms with E-state index < -0.39 is 0 Å². The van der Waals surface area contributed by atoms with Crippen LogP contribution in [-0.4, -0.2) is 59.1 Å². The maximum absolute atomic E-state index is 12.7. The van der Waals surface area contributed by atoms with E-state index >= 15 is 0 Å². The predicted molar refractivity (Wildman–Crippen MR) is 121 cm³/mol. The van der Waals surface area contributed by atoms with Gasteiger partial charge >= 0.3 is 6.09 Å². The van der Waals surface area contributed by atoms with Crippen molar-refractivity contribution in [2.24, 2.45) is 11.8 Å². The van der Waals surface area contributed by atoms with Crippen LogP contribution in [-0.2, 0) is 20.6 Å². The van der Waals surface area contributed by atoms with E-state index in [-0.39, 0.29) is 29.5 Å². The lowest BCUT2D eigenvalue weighted by atomic mass is 9.70. The van der Waals surface area contributed by atoms with Crippen molar-refractivity contribution in [3.63, 3.8) is 0 Å². The number of carbonyl (C=O) groups excluding carboxylic acids is 1. The standard InChI is InChI=1S/C26H36N2O4/c1-18(2)7-10-23-25(3,32-23)22-14-21(11-12-26(22)17-30-26)31-24(29)28-15-19(16-28)8-9-20-6-4-5-13-27-20/h4-7,13,19,21-23H,8-12,14-17H2,1-3H3/t21-,22-,23-,25-,26+/m1/s1. The molecule has 6 heteroatoms. The molecule has 4 heterocycles. The molecule has 1 aromatic heterocycles. The van der Waals surface area contributed by atoms with Crippen LogP contribution in [0.15, 0.2) is 36.0 Å². The zero-order valence-electron chi connectivity index (χ0n) is 19.6. The van der Waals surface area contributed by atoms with Crippen molar-refractivity contribution in [2.45, 2.75) is 82.7 Å². The first-order valence-corrected chi connectivity index (χ1v) is 12.2. The first kappa shape index (κ1) is 21.9. The summed E-state index contributed by atoms with van der Waals surface area (Å²) >= 11 is 0. The Morgan fingerprint density at radius 1 is 1.34 bits per heavy atom. The van der Waals surface area contributed by atoms with E-state index in [0.717, 1.165) is 63.9 Å². The number of pyridine rings is 1. The molecular formula is C26H36N2O4. The van der Waals surface area contributed by atoms with E-state index in [1.807, 2.05) is 23.2 Å². The van der Waals surface area contributed by atoms with Crippen LogP contribution in [0.5, 0.6) is 0 Å². The summed E-state index contributed by atoms with van der Waals surface area (Å²) in [6.07, 6.45) is 9.79. The molecule has 0 radical (unpaired) electrons. The minimum Gasteiger partial charge on any atom is -0.446 e. The normalized spacial score (nSPS) is 35.8. The van der Waals surface area contributed by atoms with Crippen molar-refractivity contribution in [3.05, 3.63) is 41.7 Å². The number of epoxide rings is 2. The Kier molecular flexibility index (Phi) is 5.79. The summed E-state index contributed by atoms with van der Waals surface area (Å²) in [5.74, 6) is 0.834. The van der Waals surface area contributed by atoms with Crippen molar-refractivity contribution in [2.75, 3.05) is 19.7 Å². The smallest absolute Gasteiger partial charge is 0.410 e. The van der Waals surface area contributed by atoms with Gasteiger partial charge in [0.2, 0.25) is 0 Å². The van der Waals surface area contributed by atoms with Crippen LogP contribution in [0.2, 0.25) is 0 Å². The second-order valence-electron chi connectivity index (χ2n) is 10.6. The second kappa shape index (κ2) is 8.45. The number of ether oxygens (including phenoxy) is 3. The summed E-state index contributed by atoms with van der Waals surface area (Å²) < 4.78 is 18.1. The number of nitrogens with zero attached hydrogens (tertiary/aromatic N) is 2. The second-order valence-corrected chi connectivity index (χ2v) is 10.6. The summed E-state index contributed by atoms with van der Waals surface area (Å²) in [4.78, 5) is 19.0. The van der Waals surface area contributed by atoms with E-state index in [1.54, 1.807) is 0 Å². The van der Waals surface area contributed by atoms with Gasteiger partial charge in [-0.2, -0.15) is 0 Å². The van der Waals surface area contributed by atoms with Crippen LogP contribution in [0.25, 0.3) is 0 Å². The molecule has 1 amide bonds. The van der Waals surface area contributed by atoms with Gasteiger partial charge in [0.05, 0.1) is 23.9 Å². The van der Waals surface area contributed by atoms with Gasteiger partial charge in [-0.1, -0.05) is 17.7 Å². The molecule has 0 bridgehead atoms. The Labute approximate surface area is 191 Å². The van der Waals surface area contributed by atoms with Gasteiger partial charge in [-0.15, -0.1) is 0 Å². The number of allylic oxidation sites excluding steroid dienone is 1. The fourth-order valence-corrected chi connectivity index (χ4v) is 5.70. The van der Waals surface area contributed by atoms with Gasteiger partial charge in [0.15, 0.2) is 0 Å². The third-order valence-electron chi connectivity index (χ3n) is 7.97. The third kappa shape index (κ3) is 4.44. The largest absolute Gasteiger partial charge is 0.446 e. The molecule has 5 rings (SSSR count). The van der Waals surface area contributed by atoms with Crippen LogP contribution in [0.4, 0.5) is 4.79 Å². The number of aromatic nitrogens is 1. The Morgan fingerprint density at radius 3 is 2.84 bits per heavy atom. The minimum atomic E-state index is -0.166. The van der Waals surface area contributed by atoms with Crippen LogP contribution >= 0.6 is 0 Å². The molecule has 1 aliphatic carbocycles. The highest BCUT2D eigenvalue weighted by Gasteiger charge is 2.68. The SMILES string of the molecule is CC(C)=CC[C@H]1O[C@]1(C)[C@H]1C[C@H](OC(=O)N2CC(CCc3ccccn3)C2)CC[C@]12CO2. The summed E-state index contributed by atoms with van der Waals surface area (Å²) in [6.45, 7) is 8.87. The lowest BCUT2D eigenvalue weighted by Crippen LogP contribution is -2.52. The van der Waals surface area contributed by atoms with Crippen molar-refractivity contribution >= 4 is 6.09 Å². The van der Waals surface area contributed by atoms with E-state index in [4.69, 9.17) is 14.2 Å². The molecule has 1 saturated carbocycles. The lowest BCUT2D eigenvalue weighted by Gasteiger charge is -2.41. The number of likely N-dealkylation sites (tertiary alicyclic amines) is 1. The molecule has 1 aromatic rings. The first-order valence-electron chi connectivity index (χ1n) is 12.2. The zero-order chi connectivity index (χ0) is 22.3. The summed E-state index contributed by atoms with van der Waals surface area (Å²) in [5.41, 5.74) is 2.23. The minimum absolute atomic E-state index is 0.0416. The number of hydrogen-bond acceptors (Lipinski definition) is 5. The van der Waals surface area contributed by atoms with Gasteiger partial charge in [0, 0.05) is 30.9 Å². The molecule has 1 spiro atoms. The van der Waals surface area contributed by atoms with Gasteiger partial charge in [0.25, 0.3) is 0 Å². The maximum atomic E-state index is 12.7. The fraction of sp³-hybridized carbons (Fsp3) is 0.692. The first-order chi connectivity index (χ1) is 15.4. The van der Waals surface area contributed by atoms with Crippen LogP contribution < -0.4 is 0 Å². The molecule has 3 aliphatic heterocycles. The van der Waals surface area contributed by atoms with Gasteiger partial charge in [-0.25, -0.2) is 4.79 Å². The van der Waals surface area contributed by atoms with E-state index in [0.29, 0.717) is 11.8 Å². The Bertz CT molecular complexity index is 858. The maximum Gasteiger partial charge on any atom is 0.410 e. The number of aryl methyl sites for hydroxylation is 1. The predicted octanol–water partition coefficient (Wildman–Crippen LogP) is 4.53. The molecule has 0 N–H and O–H groups in total. The highest BCUT2D eigenvalue weighted by atomic mass is 16.6. The molecule has 4 aliphatic rings. The molecule has 32 heavy (non-hydrogen) atoms. The Morgan fingerprint density at radius 2 is 2.16 bits per heavy atom. The lowest BCUT2D eigenvalue weighted by molar-refractivity contribution is -0.0226. The van der Waals surface area contributed by atoms with Crippen LogP contribution in [0.1, 0.15) is 58.6 Å². The number of amides is 1. The van der Waals surface area contributed by atoms with E-state index in [9.17, 15) is 4.79 Å². The summed E-state index contributed by atoms with van der Waals surface area (Å²) in [7, 11) is 0. The van der Waals surface area contributed by atoms with Gasteiger partial charge < -0.3 is 19.1 Å². The monoisotopic (exact) mass is 440 g/mol. The summed E-state index contributed by atoms with van der Waals surface area (Å²) in [6, 6.07) is 6.03. The molecule has 174 valence electrons. The third-order valence-corrected chi connectivity index (χ3v) is 7.97. The zero-order valence-corrected chi connectivity index (χ0v) is 19.6. The Balaban J connectivity index is 1.09. The average Bonchev–Trinajstić information content (AvgIpc) is 3.65. The number of carbonyl (C=O) groups is 1. The average molecular weight is 441 g/mol. The van der Waals surface area contributed by atoms with Crippen LogP contribution in [0, 0.1) is 11.8 Å². The molecule has 3 saturated heterocycles. The molecule has 4 fully saturated rings. The topological polar surface area (TPSA) is 67.5 Å². The van der Waals surface area contributed by atoms with Gasteiger partial charge in [-0.05, 0) is 77.3 Å². The highest BCUT2D eigenvalue weighted by molar-refractivity contribution is 5.68. The van der Waals surface area contributed by atoms with Crippen molar-refractivity contribution in [1.82, 2.24) is 9.88 Å². The molecule has 0 aromatic carbocycles. The van der Waals surface area contributed by atoms with E-state index in [2.05, 4.69) is 37.9 Å². The van der Waals surface area contributed by atoms with Crippen molar-refractivity contribution in [3.8, 4) is 0 Å². The van der Waals surface area contributed by atoms with Crippen LogP contribution in [0.3, 0.4) is 0 Å². The molecule has 5 atom stereocenters. The molecular weight excluding hydrogens is 404 g/mol. The van der Waals surface area contributed by atoms with Crippen molar-refractivity contribution < 1.29 is 19.0 Å². The number of rotatable bonds is 7. The highest BCUT2D eigenvalue weighted by Crippen LogP contribution is 2.59. The van der Waals surface area contributed by atoms with Gasteiger partial charge in [0.1, 0.15) is 6.10 Å². The Hall–Kier alpha value is -1.92.